The van der Waals surface area contributed by atoms with Crippen LogP contribution in [0.2, 0.25) is 0 Å². The van der Waals surface area contributed by atoms with Gasteiger partial charge in [-0.3, -0.25) is 4.84 Å². The zero-order chi connectivity index (χ0) is 26.9. The molecule has 0 unspecified atom stereocenters. The fraction of sp³-hybridized carbons (Fsp3) is 0.333. The van der Waals surface area contributed by atoms with Crippen LogP contribution in [0.5, 0.6) is 17.2 Å². The van der Waals surface area contributed by atoms with Crippen molar-refractivity contribution in [3.63, 3.8) is 0 Å². The third kappa shape index (κ3) is 7.07. The van der Waals surface area contributed by atoms with E-state index in [4.69, 9.17) is 19.0 Å². The van der Waals surface area contributed by atoms with Crippen LogP contribution in [0.4, 0.5) is 0 Å². The van der Waals surface area contributed by atoms with Crippen LogP contribution in [-0.2, 0) is 11.4 Å². The first-order valence-corrected chi connectivity index (χ1v) is 14.6. The molecule has 1 fully saturated rings. The standard InChI is InChI=1S/C33H37NO4S/c1-35-32-23-27(33(36-2)31-12-7-6-11-30(31)32)24-38-34-19-17-26(18-20-34)25-13-15-28(16-14-25)37-21-8-22-39-29-9-4-3-5-10-29/h3-7,9-16,23,26H,8,17-22,24H2,1-2H3. The Morgan fingerprint density at radius 1 is 0.821 bits per heavy atom. The zero-order valence-corrected chi connectivity index (χ0v) is 23.6. The van der Waals surface area contributed by atoms with Crippen molar-refractivity contribution in [2.24, 2.45) is 0 Å². The summed E-state index contributed by atoms with van der Waals surface area (Å²) in [6.45, 7) is 2.98. The lowest BCUT2D eigenvalue weighted by Gasteiger charge is -2.31. The summed E-state index contributed by atoms with van der Waals surface area (Å²) in [5.41, 5.74) is 2.37. The average molecular weight is 544 g/mol. The van der Waals surface area contributed by atoms with Gasteiger partial charge in [-0.25, -0.2) is 0 Å². The second-order valence-corrected chi connectivity index (χ2v) is 10.9. The van der Waals surface area contributed by atoms with Gasteiger partial charge in [0.05, 0.1) is 27.4 Å². The van der Waals surface area contributed by atoms with E-state index in [1.807, 2.05) is 30.0 Å². The van der Waals surface area contributed by atoms with E-state index in [-0.39, 0.29) is 0 Å². The second kappa shape index (κ2) is 13.7. The van der Waals surface area contributed by atoms with Gasteiger partial charge in [0.25, 0.3) is 0 Å². The Bertz CT molecular complexity index is 1320. The lowest BCUT2D eigenvalue weighted by molar-refractivity contribution is -0.180. The van der Waals surface area contributed by atoms with Crippen LogP contribution < -0.4 is 14.2 Å². The molecule has 0 atom stereocenters. The Morgan fingerprint density at radius 2 is 1.54 bits per heavy atom. The van der Waals surface area contributed by atoms with Gasteiger partial charge in [0.1, 0.15) is 17.2 Å². The molecule has 0 amide bonds. The Kier molecular flexibility index (Phi) is 9.65. The van der Waals surface area contributed by atoms with Gasteiger partial charge in [-0.1, -0.05) is 54.6 Å². The summed E-state index contributed by atoms with van der Waals surface area (Å²) in [5, 5.41) is 4.16. The van der Waals surface area contributed by atoms with Crippen molar-refractivity contribution in [1.29, 1.82) is 0 Å². The van der Waals surface area contributed by atoms with Gasteiger partial charge in [-0.05, 0) is 61.1 Å². The van der Waals surface area contributed by atoms with Crippen LogP contribution in [0.3, 0.4) is 0 Å². The number of hydrogen-bond donors (Lipinski definition) is 0. The number of nitrogens with zero attached hydrogens (tertiary/aromatic N) is 1. The molecule has 1 aliphatic rings. The van der Waals surface area contributed by atoms with E-state index in [2.05, 4.69) is 71.8 Å². The molecule has 0 aromatic heterocycles. The second-order valence-electron chi connectivity index (χ2n) is 9.73. The van der Waals surface area contributed by atoms with E-state index in [1.54, 1.807) is 14.2 Å². The number of piperidine rings is 1. The van der Waals surface area contributed by atoms with Crippen molar-refractivity contribution in [3.8, 4) is 17.2 Å². The molecule has 0 radical (unpaired) electrons. The normalized spacial score (nSPS) is 14.4. The van der Waals surface area contributed by atoms with Gasteiger partial charge in [-0.15, -0.1) is 11.8 Å². The van der Waals surface area contributed by atoms with Crippen LogP contribution in [0.1, 0.15) is 36.3 Å². The minimum atomic E-state index is 0.449. The van der Waals surface area contributed by atoms with Crippen LogP contribution in [-0.4, -0.2) is 44.7 Å². The number of methoxy groups -OCH3 is 2. The molecule has 1 aliphatic heterocycles. The average Bonchev–Trinajstić information content (AvgIpc) is 3.00. The third-order valence-electron chi connectivity index (χ3n) is 7.24. The number of hydroxylamine groups is 2. The summed E-state index contributed by atoms with van der Waals surface area (Å²) < 4.78 is 17.4. The van der Waals surface area contributed by atoms with Gasteiger partial charge >= 0.3 is 0 Å². The third-order valence-corrected chi connectivity index (χ3v) is 8.33. The molecule has 39 heavy (non-hydrogen) atoms. The molecular weight excluding hydrogens is 506 g/mol. The SMILES string of the molecule is COc1cc(CON2CCC(c3ccc(OCCCSc4ccccc4)cc3)CC2)c(OC)c2ccccc12. The van der Waals surface area contributed by atoms with Crippen LogP contribution in [0, 0.1) is 0 Å². The molecule has 204 valence electrons. The Balaban J connectivity index is 1.07. The summed E-state index contributed by atoms with van der Waals surface area (Å²) in [7, 11) is 3.42. The first kappa shape index (κ1) is 27.4. The van der Waals surface area contributed by atoms with Crippen molar-refractivity contribution in [2.45, 2.75) is 36.7 Å². The van der Waals surface area contributed by atoms with E-state index < -0.39 is 0 Å². The number of thioether (sulfide) groups is 1. The smallest absolute Gasteiger partial charge is 0.132 e. The minimum absolute atomic E-state index is 0.449. The van der Waals surface area contributed by atoms with Crippen LogP contribution in [0.25, 0.3) is 10.8 Å². The maximum absolute atomic E-state index is 6.23. The molecule has 4 aromatic rings. The quantitative estimate of drug-likeness (QED) is 0.135. The van der Waals surface area contributed by atoms with E-state index in [0.29, 0.717) is 12.5 Å². The van der Waals surface area contributed by atoms with Crippen molar-refractivity contribution >= 4 is 22.5 Å². The first-order chi connectivity index (χ1) is 19.2. The zero-order valence-electron chi connectivity index (χ0n) is 22.8. The monoisotopic (exact) mass is 543 g/mol. The number of fused-ring (bicyclic) bond motifs is 1. The van der Waals surface area contributed by atoms with Gasteiger partial charge in [0.2, 0.25) is 0 Å². The predicted molar refractivity (Wildman–Crippen MR) is 159 cm³/mol. The largest absolute Gasteiger partial charge is 0.496 e. The molecular formula is C33H37NO4S. The van der Waals surface area contributed by atoms with Crippen molar-refractivity contribution in [3.05, 3.63) is 96.1 Å². The highest BCUT2D eigenvalue weighted by molar-refractivity contribution is 7.99. The topological polar surface area (TPSA) is 40.2 Å². The molecule has 5 rings (SSSR count). The Hall–Kier alpha value is -3.19. The molecule has 5 nitrogen and oxygen atoms in total. The van der Waals surface area contributed by atoms with Crippen LogP contribution >= 0.6 is 11.8 Å². The molecule has 0 spiro atoms. The van der Waals surface area contributed by atoms with Crippen molar-refractivity contribution in [1.82, 2.24) is 5.06 Å². The van der Waals surface area contributed by atoms with Gasteiger partial charge in [0.15, 0.2) is 0 Å². The lowest BCUT2D eigenvalue weighted by Crippen LogP contribution is -2.33. The van der Waals surface area contributed by atoms with E-state index in [9.17, 15) is 0 Å². The fourth-order valence-electron chi connectivity index (χ4n) is 5.16. The molecule has 0 N–H and O–H groups in total. The molecule has 0 bridgehead atoms. The van der Waals surface area contributed by atoms with Gasteiger partial charge < -0.3 is 14.2 Å². The highest BCUT2D eigenvalue weighted by atomic mass is 32.2. The van der Waals surface area contributed by atoms with Gasteiger partial charge in [0, 0.05) is 40.1 Å². The highest BCUT2D eigenvalue weighted by Gasteiger charge is 2.22. The number of rotatable bonds is 12. The maximum atomic E-state index is 6.23. The summed E-state index contributed by atoms with van der Waals surface area (Å²) >= 11 is 1.88. The minimum Gasteiger partial charge on any atom is -0.496 e. The molecule has 6 heteroatoms. The molecule has 0 saturated carbocycles. The fourth-order valence-corrected chi connectivity index (χ4v) is 6.01. The van der Waals surface area contributed by atoms with Crippen LogP contribution in [0.15, 0.2) is 89.8 Å². The number of ether oxygens (including phenoxy) is 3. The molecule has 4 aromatic carbocycles. The molecule has 1 saturated heterocycles. The van der Waals surface area contributed by atoms with Crippen molar-refractivity contribution < 1.29 is 19.0 Å². The van der Waals surface area contributed by atoms with E-state index in [0.717, 1.165) is 78.3 Å². The van der Waals surface area contributed by atoms with E-state index in [1.165, 1.54) is 10.5 Å². The first-order valence-electron chi connectivity index (χ1n) is 13.7. The maximum Gasteiger partial charge on any atom is 0.132 e. The molecule has 1 heterocycles. The van der Waals surface area contributed by atoms with E-state index >= 15 is 0 Å². The summed E-state index contributed by atoms with van der Waals surface area (Å²) in [6.07, 6.45) is 3.15. The van der Waals surface area contributed by atoms with Gasteiger partial charge in [-0.2, -0.15) is 5.06 Å². The Morgan fingerprint density at radius 3 is 2.26 bits per heavy atom. The highest BCUT2D eigenvalue weighted by Crippen LogP contribution is 2.37. The van der Waals surface area contributed by atoms with Crippen molar-refractivity contribution in [2.75, 3.05) is 39.7 Å². The summed E-state index contributed by atoms with van der Waals surface area (Å²) in [4.78, 5) is 7.54. The Labute approximate surface area is 236 Å². The summed E-state index contributed by atoms with van der Waals surface area (Å²) in [6, 6.07) is 29.4. The lowest BCUT2D eigenvalue weighted by atomic mass is 9.90. The predicted octanol–water partition coefficient (Wildman–Crippen LogP) is 7.73. The number of hydrogen-bond acceptors (Lipinski definition) is 6. The summed E-state index contributed by atoms with van der Waals surface area (Å²) in [5.74, 6) is 4.23. The number of benzene rings is 4. The molecule has 0 aliphatic carbocycles.